The zero-order chi connectivity index (χ0) is 14.4. The number of hydrogen-bond acceptors (Lipinski definition) is 6. The zero-order valence-electron chi connectivity index (χ0n) is 11.4. The molecule has 2 aromatic rings. The average molecular weight is 279 g/mol. The molecule has 0 aliphatic rings. The summed E-state index contributed by atoms with van der Waals surface area (Å²) in [4.78, 5) is 19.8. The molecule has 1 amide bonds. The number of hydrogen-bond donors (Lipinski definition) is 1. The van der Waals surface area contributed by atoms with Crippen molar-refractivity contribution in [3.63, 3.8) is 0 Å². The predicted octanol–water partition coefficient (Wildman–Crippen LogP) is 0.680. The van der Waals surface area contributed by atoms with E-state index < -0.39 is 0 Å². The molecule has 2 aromatic heterocycles. The minimum Gasteiger partial charge on any atom is -0.377 e. The minimum atomic E-state index is -0.0855. The highest BCUT2D eigenvalue weighted by Gasteiger charge is 2.12. The number of carbonyl (C=O) groups excluding carboxylic acids is 1. The second-order valence-electron chi connectivity index (χ2n) is 4.38. The van der Waals surface area contributed by atoms with Crippen molar-refractivity contribution in [2.75, 3.05) is 7.11 Å². The van der Waals surface area contributed by atoms with Gasteiger partial charge >= 0.3 is 0 Å². The Labute approximate surface area is 116 Å². The highest BCUT2D eigenvalue weighted by Crippen LogP contribution is 2.09. The van der Waals surface area contributed by atoms with Gasteiger partial charge in [0, 0.05) is 32.0 Å². The molecule has 2 rings (SSSR count). The van der Waals surface area contributed by atoms with Gasteiger partial charge in [-0.3, -0.25) is 4.79 Å². The second-order valence-corrected chi connectivity index (χ2v) is 4.38. The summed E-state index contributed by atoms with van der Waals surface area (Å²) < 4.78 is 11.7. The van der Waals surface area contributed by atoms with Gasteiger partial charge in [0.05, 0.1) is 12.9 Å². The molecular formula is C12H17N5O3. The van der Waals surface area contributed by atoms with Gasteiger partial charge in [-0.05, 0) is 6.92 Å². The first-order valence-corrected chi connectivity index (χ1v) is 6.23. The molecule has 1 atom stereocenters. The van der Waals surface area contributed by atoms with Crippen LogP contribution in [0, 0.1) is 0 Å². The van der Waals surface area contributed by atoms with Crippen molar-refractivity contribution in [2.45, 2.75) is 32.5 Å². The van der Waals surface area contributed by atoms with E-state index in [4.69, 9.17) is 9.26 Å². The van der Waals surface area contributed by atoms with Crippen molar-refractivity contribution in [3.05, 3.63) is 30.4 Å². The van der Waals surface area contributed by atoms with E-state index in [9.17, 15) is 4.79 Å². The lowest BCUT2D eigenvalue weighted by Crippen LogP contribution is -2.25. The quantitative estimate of drug-likeness (QED) is 0.800. The third-order valence-electron chi connectivity index (χ3n) is 2.74. The summed E-state index contributed by atoms with van der Waals surface area (Å²) in [5, 5.41) is 6.45. The van der Waals surface area contributed by atoms with Gasteiger partial charge in [-0.15, -0.1) is 0 Å². The molecule has 0 aromatic carbocycles. The Bertz CT molecular complexity index is 537. The van der Waals surface area contributed by atoms with E-state index in [1.807, 2.05) is 17.7 Å². The molecule has 0 radical (unpaired) electrons. The summed E-state index contributed by atoms with van der Waals surface area (Å²) in [6, 6.07) is 0.0456. The summed E-state index contributed by atoms with van der Waals surface area (Å²) in [7, 11) is 1.55. The number of rotatable bonds is 7. The Morgan fingerprint density at radius 3 is 3.15 bits per heavy atom. The van der Waals surface area contributed by atoms with Gasteiger partial charge in [0.2, 0.25) is 11.8 Å². The van der Waals surface area contributed by atoms with Crippen molar-refractivity contribution in [3.8, 4) is 0 Å². The second kappa shape index (κ2) is 6.80. The van der Waals surface area contributed by atoms with Crippen molar-refractivity contribution >= 4 is 5.91 Å². The molecule has 0 bridgehead atoms. The van der Waals surface area contributed by atoms with Crippen LogP contribution in [0.2, 0.25) is 0 Å². The van der Waals surface area contributed by atoms with Gasteiger partial charge in [-0.2, -0.15) is 4.98 Å². The van der Waals surface area contributed by atoms with E-state index in [0.717, 1.165) is 0 Å². The normalized spacial score (nSPS) is 12.3. The molecule has 108 valence electrons. The van der Waals surface area contributed by atoms with E-state index in [2.05, 4.69) is 20.4 Å². The maximum atomic E-state index is 11.8. The van der Waals surface area contributed by atoms with Crippen LogP contribution < -0.4 is 5.32 Å². The maximum absolute atomic E-state index is 11.8. The van der Waals surface area contributed by atoms with Crippen LogP contribution in [0.15, 0.2) is 23.2 Å². The highest BCUT2D eigenvalue weighted by molar-refractivity contribution is 5.76. The van der Waals surface area contributed by atoms with E-state index in [-0.39, 0.29) is 25.1 Å². The molecular weight excluding hydrogens is 262 g/mol. The Kier molecular flexibility index (Phi) is 4.83. The van der Waals surface area contributed by atoms with Gasteiger partial charge in [0.1, 0.15) is 6.61 Å². The Balaban J connectivity index is 1.77. The summed E-state index contributed by atoms with van der Waals surface area (Å²) in [6.07, 6.45) is 5.56. The number of imidazole rings is 1. The fraction of sp³-hybridized carbons (Fsp3) is 0.500. The molecule has 0 aliphatic carbocycles. The molecule has 0 spiro atoms. The van der Waals surface area contributed by atoms with E-state index in [1.54, 1.807) is 19.6 Å². The molecule has 0 aliphatic heterocycles. The molecule has 1 N–H and O–H groups in total. The summed E-state index contributed by atoms with van der Waals surface area (Å²) in [5.74, 6) is 0.738. The SMILES string of the molecule is COCc1noc(CNC(=O)C[C@H](C)n2ccnc2)n1. The topological polar surface area (TPSA) is 95.1 Å². The third-order valence-corrected chi connectivity index (χ3v) is 2.74. The maximum Gasteiger partial charge on any atom is 0.246 e. The van der Waals surface area contributed by atoms with Gasteiger partial charge in [-0.25, -0.2) is 4.98 Å². The van der Waals surface area contributed by atoms with E-state index in [1.165, 1.54) is 0 Å². The van der Waals surface area contributed by atoms with Crippen molar-refractivity contribution in [2.24, 2.45) is 0 Å². The first-order chi connectivity index (χ1) is 9.69. The van der Waals surface area contributed by atoms with Crippen LogP contribution in [-0.2, 0) is 22.7 Å². The number of methoxy groups -OCH3 is 1. The van der Waals surface area contributed by atoms with Crippen LogP contribution in [-0.4, -0.2) is 32.7 Å². The Morgan fingerprint density at radius 2 is 2.45 bits per heavy atom. The lowest BCUT2D eigenvalue weighted by atomic mass is 10.2. The molecule has 8 nitrogen and oxygen atoms in total. The first-order valence-electron chi connectivity index (χ1n) is 6.23. The molecule has 0 saturated heterocycles. The Hall–Kier alpha value is -2.22. The molecule has 0 saturated carbocycles. The fourth-order valence-electron chi connectivity index (χ4n) is 1.70. The fourth-order valence-corrected chi connectivity index (χ4v) is 1.70. The number of ether oxygens (including phenoxy) is 1. The molecule has 8 heteroatoms. The lowest BCUT2D eigenvalue weighted by Gasteiger charge is -2.11. The van der Waals surface area contributed by atoms with Gasteiger partial charge in [0.15, 0.2) is 5.82 Å². The van der Waals surface area contributed by atoms with Gasteiger partial charge < -0.3 is 19.1 Å². The van der Waals surface area contributed by atoms with Crippen LogP contribution in [0.5, 0.6) is 0 Å². The minimum absolute atomic E-state index is 0.0456. The number of nitrogens with zero attached hydrogens (tertiary/aromatic N) is 4. The number of nitrogens with one attached hydrogen (secondary N) is 1. The number of amides is 1. The molecule has 2 heterocycles. The lowest BCUT2D eigenvalue weighted by molar-refractivity contribution is -0.122. The van der Waals surface area contributed by atoms with Crippen molar-refractivity contribution in [1.82, 2.24) is 25.0 Å². The molecule has 0 unspecified atom stereocenters. The third kappa shape index (κ3) is 3.89. The van der Waals surface area contributed by atoms with Gasteiger partial charge in [0.25, 0.3) is 0 Å². The van der Waals surface area contributed by atoms with Crippen molar-refractivity contribution < 1.29 is 14.1 Å². The summed E-state index contributed by atoms with van der Waals surface area (Å²) in [5.41, 5.74) is 0. The monoisotopic (exact) mass is 279 g/mol. The van der Waals surface area contributed by atoms with Crippen LogP contribution in [0.1, 0.15) is 31.1 Å². The number of carbonyl (C=O) groups is 1. The highest BCUT2D eigenvalue weighted by atomic mass is 16.5. The zero-order valence-corrected chi connectivity index (χ0v) is 11.4. The average Bonchev–Trinajstić information content (AvgIpc) is 3.08. The van der Waals surface area contributed by atoms with Crippen LogP contribution >= 0.6 is 0 Å². The van der Waals surface area contributed by atoms with Gasteiger partial charge in [-0.1, -0.05) is 5.16 Å². The standard InChI is InChI=1S/C12H17N5O3/c1-9(17-4-3-13-8-17)5-11(18)14-6-12-15-10(7-19-2)16-20-12/h3-4,8-9H,5-7H2,1-2H3,(H,14,18)/t9-/m0/s1. The van der Waals surface area contributed by atoms with Crippen LogP contribution in [0.4, 0.5) is 0 Å². The first kappa shape index (κ1) is 14.2. The smallest absolute Gasteiger partial charge is 0.246 e. The summed E-state index contributed by atoms with van der Waals surface area (Å²) in [6.45, 7) is 2.45. The van der Waals surface area contributed by atoms with E-state index in [0.29, 0.717) is 18.1 Å². The van der Waals surface area contributed by atoms with E-state index >= 15 is 0 Å². The predicted molar refractivity (Wildman–Crippen MR) is 68.4 cm³/mol. The van der Waals surface area contributed by atoms with Crippen molar-refractivity contribution in [1.29, 1.82) is 0 Å². The number of aromatic nitrogens is 4. The Morgan fingerprint density at radius 1 is 1.60 bits per heavy atom. The molecule has 0 fully saturated rings. The largest absolute Gasteiger partial charge is 0.377 e. The van der Waals surface area contributed by atoms with Crippen LogP contribution in [0.25, 0.3) is 0 Å². The van der Waals surface area contributed by atoms with Crippen LogP contribution in [0.3, 0.4) is 0 Å². The molecule has 20 heavy (non-hydrogen) atoms. The summed E-state index contributed by atoms with van der Waals surface area (Å²) >= 11 is 0.